The minimum atomic E-state index is -1.35. The van der Waals surface area contributed by atoms with Gasteiger partial charge in [-0.25, -0.2) is 0 Å². The summed E-state index contributed by atoms with van der Waals surface area (Å²) in [5.74, 6) is -1.66. The van der Waals surface area contributed by atoms with Crippen LogP contribution < -0.4 is 11.5 Å². The fraction of sp³-hybridized carbons (Fsp3) is 0.467. The van der Waals surface area contributed by atoms with Crippen LogP contribution in [0.2, 0.25) is 0 Å². The number of amides is 2. The average molecular weight is 295 g/mol. The van der Waals surface area contributed by atoms with Crippen LogP contribution in [0.4, 0.5) is 4.48 Å². The number of primary amides is 1. The number of halogens is 1. The molecule has 6 heteroatoms. The zero-order chi connectivity index (χ0) is 16.0. The molecule has 4 N–H and O–H groups in total. The Labute approximate surface area is 124 Å². The van der Waals surface area contributed by atoms with Crippen molar-refractivity contribution in [1.29, 1.82) is 0 Å². The van der Waals surface area contributed by atoms with Crippen LogP contribution in [0.3, 0.4) is 0 Å². The van der Waals surface area contributed by atoms with Crippen molar-refractivity contribution in [2.24, 2.45) is 17.4 Å². The zero-order valence-corrected chi connectivity index (χ0v) is 12.3. The number of carbonyl (C=O) groups excluding carboxylic acids is 2. The lowest BCUT2D eigenvalue weighted by Crippen LogP contribution is -2.50. The van der Waals surface area contributed by atoms with Crippen LogP contribution in [0.15, 0.2) is 30.3 Å². The normalized spacial score (nSPS) is 13.8. The molecule has 2 atom stereocenters. The van der Waals surface area contributed by atoms with E-state index in [2.05, 4.69) is 0 Å². The zero-order valence-electron chi connectivity index (χ0n) is 12.3. The molecule has 0 heterocycles. The summed E-state index contributed by atoms with van der Waals surface area (Å²) in [5, 5.41) is -0.123. The van der Waals surface area contributed by atoms with Gasteiger partial charge in [0.2, 0.25) is 5.91 Å². The van der Waals surface area contributed by atoms with Crippen molar-refractivity contribution in [3.05, 3.63) is 35.9 Å². The number of nitrogens with zero attached hydrogens (tertiary/aromatic N) is 1. The van der Waals surface area contributed by atoms with E-state index in [9.17, 15) is 14.1 Å². The standard InChI is InChI=1S/C15H22FN3O2/c1-10(2)8-12(17)15(21)19(16)13(14(18)20)9-11-6-4-3-5-7-11/h3-7,10,12-13H,8-9,17H2,1-2H3,(H2,18,20). The van der Waals surface area contributed by atoms with Gasteiger partial charge in [-0.1, -0.05) is 48.7 Å². The van der Waals surface area contributed by atoms with Crippen molar-refractivity contribution >= 4 is 11.8 Å². The second-order valence-electron chi connectivity index (χ2n) is 5.49. The lowest BCUT2D eigenvalue weighted by molar-refractivity contribution is -0.159. The molecule has 1 rings (SSSR count). The maximum atomic E-state index is 14.2. The Hall–Kier alpha value is -1.95. The van der Waals surface area contributed by atoms with Crippen LogP contribution in [-0.4, -0.2) is 29.0 Å². The second-order valence-corrected chi connectivity index (χ2v) is 5.49. The highest BCUT2D eigenvalue weighted by Gasteiger charge is 2.32. The molecule has 0 saturated heterocycles. The van der Waals surface area contributed by atoms with Gasteiger partial charge < -0.3 is 11.5 Å². The van der Waals surface area contributed by atoms with Gasteiger partial charge in [-0.3, -0.25) is 9.59 Å². The number of hydrogen-bond acceptors (Lipinski definition) is 3. The maximum Gasteiger partial charge on any atom is 0.267 e. The summed E-state index contributed by atoms with van der Waals surface area (Å²) in [5.41, 5.74) is 11.6. The summed E-state index contributed by atoms with van der Waals surface area (Å²) in [4.78, 5) is 23.4. The predicted octanol–water partition coefficient (Wildman–Crippen LogP) is 1.17. The Morgan fingerprint density at radius 1 is 1.24 bits per heavy atom. The maximum absolute atomic E-state index is 14.2. The third-order valence-corrected chi connectivity index (χ3v) is 3.13. The van der Waals surface area contributed by atoms with Crippen LogP contribution >= 0.6 is 0 Å². The van der Waals surface area contributed by atoms with Gasteiger partial charge in [0.25, 0.3) is 5.91 Å². The first-order valence-corrected chi connectivity index (χ1v) is 6.90. The SMILES string of the molecule is CC(C)CC(N)C(=O)N(F)C(Cc1ccccc1)C(N)=O. The lowest BCUT2D eigenvalue weighted by atomic mass is 10.0. The highest BCUT2D eigenvalue weighted by atomic mass is 19.2. The molecular weight excluding hydrogens is 273 g/mol. The van der Waals surface area contributed by atoms with Gasteiger partial charge >= 0.3 is 0 Å². The van der Waals surface area contributed by atoms with Crippen LogP contribution in [0, 0.1) is 5.92 Å². The van der Waals surface area contributed by atoms with E-state index >= 15 is 0 Å². The quantitative estimate of drug-likeness (QED) is 0.740. The second kappa shape index (κ2) is 7.73. The molecule has 0 aromatic heterocycles. The lowest BCUT2D eigenvalue weighted by Gasteiger charge is -2.24. The Bertz CT molecular complexity index is 479. The van der Waals surface area contributed by atoms with Gasteiger partial charge in [-0.05, 0) is 17.9 Å². The number of rotatable bonds is 7. The summed E-state index contributed by atoms with van der Waals surface area (Å²) >= 11 is 0. The van der Waals surface area contributed by atoms with Crippen LogP contribution in [0.25, 0.3) is 0 Å². The highest BCUT2D eigenvalue weighted by Crippen LogP contribution is 2.13. The van der Waals surface area contributed by atoms with Gasteiger partial charge in [-0.2, -0.15) is 5.12 Å². The Morgan fingerprint density at radius 3 is 2.29 bits per heavy atom. The van der Waals surface area contributed by atoms with Gasteiger partial charge in [0.1, 0.15) is 6.04 Å². The third kappa shape index (κ3) is 5.15. The molecule has 0 aliphatic heterocycles. The summed E-state index contributed by atoms with van der Waals surface area (Å²) in [6, 6.07) is 6.49. The Morgan fingerprint density at radius 2 is 1.81 bits per heavy atom. The van der Waals surface area contributed by atoms with Gasteiger partial charge in [0, 0.05) is 6.42 Å². The molecule has 5 nitrogen and oxygen atoms in total. The van der Waals surface area contributed by atoms with Crippen molar-refractivity contribution in [2.75, 3.05) is 0 Å². The van der Waals surface area contributed by atoms with Crippen molar-refractivity contribution in [1.82, 2.24) is 5.12 Å². The van der Waals surface area contributed by atoms with Crippen molar-refractivity contribution in [3.8, 4) is 0 Å². The average Bonchev–Trinajstić information content (AvgIpc) is 2.43. The van der Waals surface area contributed by atoms with Gasteiger partial charge in [0.15, 0.2) is 0 Å². The van der Waals surface area contributed by atoms with E-state index in [1.165, 1.54) is 0 Å². The fourth-order valence-corrected chi connectivity index (χ4v) is 2.05. The number of hydrogen-bond donors (Lipinski definition) is 2. The predicted molar refractivity (Wildman–Crippen MR) is 78.5 cm³/mol. The molecule has 0 radical (unpaired) electrons. The number of benzene rings is 1. The van der Waals surface area contributed by atoms with Gasteiger partial charge in [0.05, 0.1) is 6.04 Å². The van der Waals surface area contributed by atoms with Crippen LogP contribution in [0.5, 0.6) is 0 Å². The van der Waals surface area contributed by atoms with E-state index in [0.29, 0.717) is 12.0 Å². The first-order chi connectivity index (χ1) is 9.82. The first-order valence-electron chi connectivity index (χ1n) is 6.90. The molecule has 1 aromatic rings. The molecule has 0 saturated carbocycles. The van der Waals surface area contributed by atoms with Crippen LogP contribution in [0.1, 0.15) is 25.8 Å². The van der Waals surface area contributed by atoms with E-state index in [-0.39, 0.29) is 17.5 Å². The molecular formula is C15H22FN3O2. The molecule has 0 aliphatic rings. The van der Waals surface area contributed by atoms with E-state index < -0.39 is 23.9 Å². The van der Waals surface area contributed by atoms with Crippen molar-refractivity contribution in [3.63, 3.8) is 0 Å². The molecule has 2 unspecified atom stereocenters. The van der Waals surface area contributed by atoms with Gasteiger partial charge in [-0.15, -0.1) is 0 Å². The molecule has 1 aromatic carbocycles. The molecule has 0 spiro atoms. The smallest absolute Gasteiger partial charge is 0.267 e. The van der Waals surface area contributed by atoms with E-state index in [1.807, 2.05) is 13.8 Å². The van der Waals surface area contributed by atoms with Crippen molar-refractivity contribution in [2.45, 2.75) is 38.8 Å². The molecule has 21 heavy (non-hydrogen) atoms. The third-order valence-electron chi connectivity index (χ3n) is 3.13. The van der Waals surface area contributed by atoms with E-state index in [0.717, 1.165) is 0 Å². The summed E-state index contributed by atoms with van der Waals surface area (Å²) < 4.78 is 14.2. The van der Waals surface area contributed by atoms with E-state index in [4.69, 9.17) is 11.5 Å². The monoisotopic (exact) mass is 295 g/mol. The highest BCUT2D eigenvalue weighted by molar-refractivity contribution is 5.88. The minimum absolute atomic E-state index is 0.0206. The number of carbonyl (C=O) groups is 2. The summed E-state index contributed by atoms with van der Waals surface area (Å²) in [7, 11) is 0. The summed E-state index contributed by atoms with van der Waals surface area (Å²) in [6.07, 6.45) is 0.364. The Kier molecular flexibility index (Phi) is 6.30. The van der Waals surface area contributed by atoms with Crippen molar-refractivity contribution < 1.29 is 14.1 Å². The largest absolute Gasteiger partial charge is 0.368 e. The molecule has 116 valence electrons. The Balaban J connectivity index is 2.80. The fourth-order valence-electron chi connectivity index (χ4n) is 2.05. The minimum Gasteiger partial charge on any atom is -0.368 e. The molecule has 0 fully saturated rings. The first kappa shape index (κ1) is 17.1. The number of nitrogens with two attached hydrogens (primary N) is 2. The molecule has 0 bridgehead atoms. The topological polar surface area (TPSA) is 89.4 Å². The molecule has 2 amide bonds. The van der Waals surface area contributed by atoms with E-state index in [1.54, 1.807) is 30.3 Å². The summed E-state index contributed by atoms with van der Waals surface area (Å²) in [6.45, 7) is 3.76. The molecule has 0 aliphatic carbocycles. The van der Waals surface area contributed by atoms with Crippen LogP contribution in [-0.2, 0) is 16.0 Å².